The van der Waals surface area contributed by atoms with Crippen LogP contribution in [-0.2, 0) is 5.41 Å². The molecule has 2 heteroatoms. The van der Waals surface area contributed by atoms with Crippen LogP contribution in [0.1, 0.15) is 25.0 Å². The molecule has 1 aliphatic rings. The summed E-state index contributed by atoms with van der Waals surface area (Å²) < 4.78 is 2.56. The summed E-state index contributed by atoms with van der Waals surface area (Å²) in [6.07, 6.45) is 0. The third-order valence-corrected chi connectivity index (χ3v) is 12.4. The minimum Gasteiger partial charge on any atom is -0.310 e. The van der Waals surface area contributed by atoms with Crippen molar-refractivity contribution in [1.29, 1.82) is 0 Å². The van der Waals surface area contributed by atoms with E-state index in [-0.39, 0.29) is 5.41 Å². The van der Waals surface area contributed by atoms with Crippen LogP contribution in [0.4, 0.5) is 17.1 Å². The number of nitrogens with zero attached hydrogens (tertiary/aromatic N) is 2. The average molecular weight is 755 g/mol. The molecule has 0 radical (unpaired) electrons. The molecule has 0 saturated heterocycles. The summed E-state index contributed by atoms with van der Waals surface area (Å²) in [5.74, 6) is 0. The number of anilines is 3. The zero-order valence-corrected chi connectivity index (χ0v) is 33.2. The van der Waals surface area contributed by atoms with Gasteiger partial charge in [-0.3, -0.25) is 0 Å². The second kappa shape index (κ2) is 13.9. The highest BCUT2D eigenvalue weighted by Gasteiger charge is 2.38. The van der Waals surface area contributed by atoms with E-state index in [9.17, 15) is 0 Å². The van der Waals surface area contributed by atoms with Gasteiger partial charge in [0.2, 0.25) is 0 Å². The Hall–Kier alpha value is -7.42. The Morgan fingerprint density at radius 3 is 1.66 bits per heavy atom. The summed E-state index contributed by atoms with van der Waals surface area (Å²) in [6.45, 7) is 4.75. The van der Waals surface area contributed by atoms with Crippen LogP contribution in [0.25, 0.3) is 72.0 Å². The van der Waals surface area contributed by atoms with Crippen LogP contribution in [0.15, 0.2) is 218 Å². The van der Waals surface area contributed by atoms with Gasteiger partial charge in [0, 0.05) is 44.4 Å². The van der Waals surface area contributed by atoms with Gasteiger partial charge in [0.05, 0.1) is 16.7 Å². The predicted molar refractivity (Wildman–Crippen MR) is 249 cm³/mol. The zero-order chi connectivity index (χ0) is 39.5. The van der Waals surface area contributed by atoms with Gasteiger partial charge < -0.3 is 9.47 Å². The topological polar surface area (TPSA) is 8.17 Å². The van der Waals surface area contributed by atoms with Crippen LogP contribution < -0.4 is 4.90 Å². The van der Waals surface area contributed by atoms with Gasteiger partial charge in [-0.25, -0.2) is 0 Å². The highest BCUT2D eigenvalue weighted by molar-refractivity contribution is 6.12. The number of para-hydroxylation sites is 1. The minimum atomic E-state index is -0.147. The van der Waals surface area contributed by atoms with Crippen LogP contribution >= 0.6 is 0 Å². The molecule has 10 aromatic rings. The molecule has 59 heavy (non-hydrogen) atoms. The van der Waals surface area contributed by atoms with Gasteiger partial charge in [0.1, 0.15) is 0 Å². The Bertz CT molecular complexity index is 3160. The van der Waals surface area contributed by atoms with Crippen molar-refractivity contribution in [2.75, 3.05) is 4.90 Å². The molecular formula is C57H42N2. The summed E-state index contributed by atoms with van der Waals surface area (Å²) in [5, 5.41) is 2.46. The van der Waals surface area contributed by atoms with Crippen LogP contribution in [0.5, 0.6) is 0 Å². The van der Waals surface area contributed by atoms with Crippen LogP contribution in [0.2, 0.25) is 0 Å². The Balaban J connectivity index is 1.19. The van der Waals surface area contributed by atoms with Gasteiger partial charge in [-0.2, -0.15) is 0 Å². The van der Waals surface area contributed by atoms with E-state index >= 15 is 0 Å². The van der Waals surface area contributed by atoms with Crippen molar-refractivity contribution in [2.24, 2.45) is 0 Å². The second-order valence-electron chi connectivity index (χ2n) is 16.1. The molecule has 0 amide bonds. The van der Waals surface area contributed by atoms with E-state index in [2.05, 4.69) is 242 Å². The molecule has 0 unspecified atom stereocenters. The Labute approximate surface area is 345 Å². The van der Waals surface area contributed by atoms with Gasteiger partial charge in [-0.05, 0) is 87.0 Å². The zero-order valence-electron chi connectivity index (χ0n) is 33.2. The maximum absolute atomic E-state index is 2.56. The van der Waals surface area contributed by atoms with Crippen LogP contribution in [-0.4, -0.2) is 4.57 Å². The van der Waals surface area contributed by atoms with Crippen molar-refractivity contribution < 1.29 is 0 Å². The molecule has 0 saturated carbocycles. The standard InChI is InChI=1S/C57H42N2/c1-57(2)51-27-14-12-26-50(51)55-52(57)36-35-47(42-21-10-5-11-22-42)56(55)59-53-28-15-13-25-48(53)49-34-33-46(38-54(49)59)58(44-31-29-41(30-32-44)39-17-6-3-7-18-39)45-24-16-23-43(37-45)40-19-8-4-9-20-40/h3-38H,1-2H3. The fraction of sp³-hybridized carbons (Fsp3) is 0.0526. The first kappa shape index (κ1) is 34.8. The quantitative estimate of drug-likeness (QED) is 0.157. The molecule has 0 spiro atoms. The molecular weight excluding hydrogens is 713 g/mol. The lowest BCUT2D eigenvalue weighted by molar-refractivity contribution is 0.660. The van der Waals surface area contributed by atoms with E-state index in [1.807, 2.05) is 0 Å². The molecule has 0 fully saturated rings. The van der Waals surface area contributed by atoms with Gasteiger partial charge in [-0.1, -0.05) is 190 Å². The number of fused-ring (bicyclic) bond motifs is 6. The maximum atomic E-state index is 2.56. The van der Waals surface area contributed by atoms with Crippen molar-refractivity contribution >= 4 is 38.9 Å². The van der Waals surface area contributed by atoms with E-state index in [1.54, 1.807) is 0 Å². The first-order chi connectivity index (χ1) is 29.0. The Kier molecular flexibility index (Phi) is 8.20. The van der Waals surface area contributed by atoms with Gasteiger partial charge in [0.25, 0.3) is 0 Å². The van der Waals surface area contributed by atoms with Crippen molar-refractivity contribution in [2.45, 2.75) is 19.3 Å². The van der Waals surface area contributed by atoms with Gasteiger partial charge in [0.15, 0.2) is 0 Å². The van der Waals surface area contributed by atoms with E-state index in [0.717, 1.165) is 17.1 Å². The molecule has 0 aliphatic heterocycles. The van der Waals surface area contributed by atoms with Crippen molar-refractivity contribution in [3.8, 4) is 50.2 Å². The van der Waals surface area contributed by atoms with Crippen LogP contribution in [0.3, 0.4) is 0 Å². The number of aromatic nitrogens is 1. The lowest BCUT2D eigenvalue weighted by Crippen LogP contribution is -2.15. The van der Waals surface area contributed by atoms with Gasteiger partial charge in [-0.15, -0.1) is 0 Å². The normalized spacial score (nSPS) is 12.7. The monoisotopic (exact) mass is 754 g/mol. The Morgan fingerprint density at radius 1 is 0.356 bits per heavy atom. The summed E-state index contributed by atoms with van der Waals surface area (Å²) >= 11 is 0. The second-order valence-corrected chi connectivity index (χ2v) is 16.1. The predicted octanol–water partition coefficient (Wildman–Crippen LogP) is 15.6. The van der Waals surface area contributed by atoms with E-state index in [4.69, 9.17) is 0 Å². The van der Waals surface area contributed by atoms with Gasteiger partial charge >= 0.3 is 0 Å². The molecule has 280 valence electrons. The molecule has 9 aromatic carbocycles. The summed E-state index contributed by atoms with van der Waals surface area (Å²) in [6, 6.07) is 79.8. The van der Waals surface area contributed by atoms with E-state index < -0.39 is 0 Å². The maximum Gasteiger partial charge on any atom is 0.0622 e. The first-order valence-corrected chi connectivity index (χ1v) is 20.5. The molecule has 0 N–H and O–H groups in total. The fourth-order valence-corrected chi connectivity index (χ4v) is 9.53. The number of rotatable bonds is 7. The molecule has 0 bridgehead atoms. The third-order valence-electron chi connectivity index (χ3n) is 12.4. The SMILES string of the molecule is CC1(C)c2ccccc2-c2c1ccc(-c1ccccc1)c2-n1c2ccccc2c2ccc(N(c3ccc(-c4ccccc4)cc3)c3cccc(-c4ccccc4)c3)cc21. The highest BCUT2D eigenvalue weighted by Crippen LogP contribution is 2.54. The molecule has 0 atom stereocenters. The third kappa shape index (κ3) is 5.71. The van der Waals surface area contributed by atoms with Crippen LogP contribution in [0, 0.1) is 0 Å². The summed E-state index contributed by atoms with van der Waals surface area (Å²) in [7, 11) is 0. The van der Waals surface area contributed by atoms with Crippen molar-refractivity contribution in [3.05, 3.63) is 230 Å². The Morgan fingerprint density at radius 2 is 0.915 bits per heavy atom. The number of benzene rings is 9. The molecule has 2 nitrogen and oxygen atoms in total. The average Bonchev–Trinajstić information content (AvgIpc) is 3.75. The van der Waals surface area contributed by atoms with E-state index in [1.165, 1.54) is 83.1 Å². The molecule has 1 aromatic heterocycles. The smallest absolute Gasteiger partial charge is 0.0622 e. The largest absolute Gasteiger partial charge is 0.310 e. The minimum absolute atomic E-state index is 0.147. The number of hydrogen-bond donors (Lipinski definition) is 0. The highest BCUT2D eigenvalue weighted by atomic mass is 15.1. The summed E-state index contributed by atoms with van der Waals surface area (Å²) in [5.41, 5.74) is 19.2. The molecule has 11 rings (SSSR count). The lowest BCUT2D eigenvalue weighted by atomic mass is 9.82. The summed E-state index contributed by atoms with van der Waals surface area (Å²) in [4.78, 5) is 2.41. The number of hydrogen-bond acceptors (Lipinski definition) is 1. The van der Waals surface area contributed by atoms with Crippen molar-refractivity contribution in [3.63, 3.8) is 0 Å². The first-order valence-electron chi connectivity index (χ1n) is 20.5. The molecule has 1 aliphatic carbocycles. The van der Waals surface area contributed by atoms with Crippen molar-refractivity contribution in [1.82, 2.24) is 4.57 Å². The fourth-order valence-electron chi connectivity index (χ4n) is 9.53. The lowest BCUT2D eigenvalue weighted by Gasteiger charge is -2.27. The van der Waals surface area contributed by atoms with E-state index in [0.29, 0.717) is 0 Å². The molecule has 1 heterocycles.